The standard InChI is InChI=1S/C22H28ClN6O8P/c1-11(2)35-21(32)12(3)28-38(33,37-13-7-5-4-6-8-13)34-9-14-16(30)17(31)20(36-14)29-19-15(27-22(29)23)18(24)25-10-26-19/h4-8,10-12,14,16-17,20,30-31H,9H2,1-3H3,(H,28,33)(H2,24,25,26)/t12-,14+,16?,17-,20+,38?/m0/s1. The number of anilines is 1. The van der Waals surface area contributed by atoms with E-state index in [1.54, 1.807) is 44.2 Å². The van der Waals surface area contributed by atoms with Crippen molar-refractivity contribution in [3.8, 4) is 5.75 Å². The molecule has 0 spiro atoms. The molecule has 1 fully saturated rings. The fraction of sp³-hybridized carbons (Fsp3) is 0.455. The number of nitrogens with two attached hydrogens (primary N) is 1. The van der Waals surface area contributed by atoms with E-state index in [-0.39, 0.29) is 28.0 Å². The highest BCUT2D eigenvalue weighted by Crippen LogP contribution is 2.46. The zero-order valence-corrected chi connectivity index (χ0v) is 22.3. The average molecular weight is 571 g/mol. The van der Waals surface area contributed by atoms with Gasteiger partial charge in [0.1, 0.15) is 36.4 Å². The molecule has 1 aromatic carbocycles. The summed E-state index contributed by atoms with van der Waals surface area (Å²) in [5.41, 5.74) is 6.20. The lowest BCUT2D eigenvalue weighted by molar-refractivity contribution is -0.149. The van der Waals surface area contributed by atoms with Gasteiger partial charge < -0.3 is 29.9 Å². The van der Waals surface area contributed by atoms with Crippen molar-refractivity contribution >= 4 is 42.3 Å². The number of ether oxygens (including phenoxy) is 2. The van der Waals surface area contributed by atoms with Crippen molar-refractivity contribution in [2.75, 3.05) is 12.3 Å². The number of aliphatic hydroxyl groups excluding tert-OH is 2. The number of hydrogen-bond acceptors (Lipinski definition) is 12. The van der Waals surface area contributed by atoms with Gasteiger partial charge in [-0.15, -0.1) is 0 Å². The highest BCUT2D eigenvalue weighted by Gasteiger charge is 2.46. The van der Waals surface area contributed by atoms with Crippen LogP contribution >= 0.6 is 19.3 Å². The predicted molar refractivity (Wildman–Crippen MR) is 135 cm³/mol. The second kappa shape index (κ2) is 11.5. The first kappa shape index (κ1) is 28.2. The van der Waals surface area contributed by atoms with Crippen LogP contribution in [0.1, 0.15) is 27.0 Å². The van der Waals surface area contributed by atoms with Crippen molar-refractivity contribution in [2.24, 2.45) is 0 Å². The van der Waals surface area contributed by atoms with E-state index in [0.29, 0.717) is 0 Å². The van der Waals surface area contributed by atoms with E-state index >= 15 is 0 Å². The van der Waals surface area contributed by atoms with E-state index in [4.69, 9.17) is 35.9 Å². The van der Waals surface area contributed by atoms with Crippen molar-refractivity contribution in [1.29, 1.82) is 0 Å². The fourth-order valence-corrected chi connectivity index (χ4v) is 5.47. The molecule has 3 heterocycles. The van der Waals surface area contributed by atoms with Gasteiger partial charge in [0.15, 0.2) is 23.2 Å². The molecule has 6 atom stereocenters. The number of nitrogens with zero attached hydrogens (tertiary/aromatic N) is 4. The summed E-state index contributed by atoms with van der Waals surface area (Å²) in [4.78, 5) is 24.4. The van der Waals surface area contributed by atoms with Crippen LogP contribution in [0, 0.1) is 0 Å². The minimum absolute atomic E-state index is 0.0683. The molecule has 0 aliphatic carbocycles. The number of nitrogens with one attached hydrogen (secondary N) is 1. The largest absolute Gasteiger partial charge is 0.462 e. The summed E-state index contributed by atoms with van der Waals surface area (Å²) in [7, 11) is -4.23. The van der Waals surface area contributed by atoms with Gasteiger partial charge in [-0.25, -0.2) is 19.5 Å². The molecule has 0 amide bonds. The van der Waals surface area contributed by atoms with Gasteiger partial charge in [0, 0.05) is 0 Å². The summed E-state index contributed by atoms with van der Waals surface area (Å²) in [5, 5.41) is 23.9. The second-order valence-electron chi connectivity index (χ2n) is 8.76. The molecule has 3 aromatic rings. The number of imidazole rings is 1. The number of carbonyl (C=O) groups excluding carboxylic acids is 1. The summed E-state index contributed by atoms with van der Waals surface area (Å²) in [6, 6.07) is 7.10. The van der Waals surface area contributed by atoms with Crippen LogP contribution in [0.15, 0.2) is 36.7 Å². The number of benzene rings is 1. The first-order valence-corrected chi connectivity index (χ1v) is 13.5. The van der Waals surface area contributed by atoms with E-state index in [1.165, 1.54) is 17.8 Å². The molecule has 1 aliphatic heterocycles. The fourth-order valence-electron chi connectivity index (χ4n) is 3.71. The number of aromatic nitrogens is 4. The molecule has 1 aliphatic rings. The molecule has 206 valence electrons. The van der Waals surface area contributed by atoms with Crippen LogP contribution in [-0.4, -0.2) is 72.8 Å². The SMILES string of the molecule is CC(C)OC(=O)[C@H](C)NP(=O)(OC[C@H]1O[C@@H](n2c(Cl)nc3c(N)ncnc32)[C@@H](O)C1O)Oc1ccccc1. The van der Waals surface area contributed by atoms with Crippen molar-refractivity contribution in [2.45, 2.75) is 57.5 Å². The molecule has 5 N–H and O–H groups in total. The second-order valence-corrected chi connectivity index (χ2v) is 10.8. The lowest BCUT2D eigenvalue weighted by Crippen LogP contribution is -2.38. The van der Waals surface area contributed by atoms with Crippen LogP contribution in [0.2, 0.25) is 5.28 Å². The molecule has 16 heteroatoms. The van der Waals surface area contributed by atoms with Gasteiger partial charge in [-0.3, -0.25) is 13.9 Å². The van der Waals surface area contributed by atoms with E-state index in [1.807, 2.05) is 0 Å². The number of nitrogen functional groups attached to an aromatic ring is 1. The maximum atomic E-state index is 13.7. The van der Waals surface area contributed by atoms with E-state index in [9.17, 15) is 19.6 Å². The van der Waals surface area contributed by atoms with Crippen LogP contribution < -0.4 is 15.3 Å². The van der Waals surface area contributed by atoms with Crippen LogP contribution in [0.3, 0.4) is 0 Å². The molecule has 0 bridgehead atoms. The maximum absolute atomic E-state index is 13.7. The van der Waals surface area contributed by atoms with Gasteiger partial charge >= 0.3 is 13.7 Å². The number of rotatable bonds is 10. The predicted octanol–water partition coefficient (Wildman–Crippen LogP) is 1.81. The Morgan fingerprint density at radius 2 is 1.95 bits per heavy atom. The molecule has 1 saturated heterocycles. The van der Waals surface area contributed by atoms with Gasteiger partial charge in [0.25, 0.3) is 0 Å². The van der Waals surface area contributed by atoms with Crippen molar-refractivity contribution < 1.29 is 38.1 Å². The Morgan fingerprint density at radius 3 is 2.63 bits per heavy atom. The highest BCUT2D eigenvalue weighted by molar-refractivity contribution is 7.52. The Labute approximate surface area is 222 Å². The number of fused-ring (bicyclic) bond motifs is 1. The Morgan fingerprint density at radius 1 is 1.24 bits per heavy atom. The Kier molecular flexibility index (Phi) is 8.52. The molecule has 2 unspecified atom stereocenters. The van der Waals surface area contributed by atoms with Gasteiger partial charge in [0.05, 0.1) is 12.7 Å². The molecular weight excluding hydrogens is 543 g/mol. The molecule has 2 aromatic heterocycles. The quantitative estimate of drug-likeness (QED) is 0.157. The Bertz CT molecular complexity index is 1330. The molecule has 0 saturated carbocycles. The van der Waals surface area contributed by atoms with Crippen molar-refractivity contribution in [3.63, 3.8) is 0 Å². The summed E-state index contributed by atoms with van der Waals surface area (Å²) in [6.45, 7) is 4.30. The third-order valence-electron chi connectivity index (χ3n) is 5.49. The number of aliphatic hydroxyl groups is 2. The molecule has 0 radical (unpaired) electrons. The minimum Gasteiger partial charge on any atom is -0.462 e. The first-order valence-electron chi connectivity index (χ1n) is 11.6. The van der Waals surface area contributed by atoms with Crippen LogP contribution in [0.25, 0.3) is 11.2 Å². The van der Waals surface area contributed by atoms with Gasteiger partial charge in [0.2, 0.25) is 5.28 Å². The molecule has 38 heavy (non-hydrogen) atoms. The molecule has 4 rings (SSSR count). The summed E-state index contributed by atoms with van der Waals surface area (Å²) in [5.74, 6) is -0.401. The number of para-hydroxylation sites is 1. The number of carbonyl (C=O) groups is 1. The van der Waals surface area contributed by atoms with Gasteiger partial charge in [-0.05, 0) is 44.5 Å². The average Bonchev–Trinajstić information content (AvgIpc) is 3.34. The minimum atomic E-state index is -4.23. The number of hydrogen-bond donors (Lipinski definition) is 4. The number of esters is 1. The van der Waals surface area contributed by atoms with Crippen molar-refractivity contribution in [3.05, 3.63) is 41.9 Å². The Hall–Kier alpha value is -2.84. The van der Waals surface area contributed by atoms with Crippen LogP contribution in [-0.2, 0) is 23.4 Å². The third-order valence-corrected chi connectivity index (χ3v) is 7.40. The summed E-state index contributed by atoms with van der Waals surface area (Å²) < 4.78 is 37.1. The number of halogens is 1. The maximum Gasteiger partial charge on any atom is 0.459 e. The molecule has 14 nitrogen and oxygen atoms in total. The van der Waals surface area contributed by atoms with E-state index < -0.39 is 57.0 Å². The highest BCUT2D eigenvalue weighted by atomic mass is 35.5. The van der Waals surface area contributed by atoms with E-state index in [2.05, 4.69) is 20.0 Å². The summed E-state index contributed by atoms with van der Waals surface area (Å²) in [6.07, 6.45) is -4.59. The summed E-state index contributed by atoms with van der Waals surface area (Å²) >= 11 is 6.25. The van der Waals surface area contributed by atoms with E-state index in [0.717, 1.165) is 0 Å². The molecular formula is C22H28ClN6O8P. The normalized spacial score (nSPS) is 23.9. The van der Waals surface area contributed by atoms with Crippen molar-refractivity contribution in [1.82, 2.24) is 24.6 Å². The Balaban J connectivity index is 1.53. The third kappa shape index (κ3) is 6.07. The van der Waals surface area contributed by atoms with Crippen LogP contribution in [0.5, 0.6) is 5.75 Å². The lowest BCUT2D eigenvalue weighted by Gasteiger charge is -2.25. The van der Waals surface area contributed by atoms with Gasteiger partial charge in [-0.2, -0.15) is 5.09 Å². The zero-order valence-electron chi connectivity index (χ0n) is 20.7. The van der Waals surface area contributed by atoms with Gasteiger partial charge in [-0.1, -0.05) is 18.2 Å². The lowest BCUT2D eigenvalue weighted by atomic mass is 10.1. The monoisotopic (exact) mass is 570 g/mol. The topological polar surface area (TPSA) is 193 Å². The van der Waals surface area contributed by atoms with Crippen LogP contribution in [0.4, 0.5) is 5.82 Å². The smallest absolute Gasteiger partial charge is 0.459 e. The zero-order chi connectivity index (χ0) is 27.6. The first-order chi connectivity index (χ1) is 18.0.